The Morgan fingerprint density at radius 2 is 2.03 bits per heavy atom. The first-order valence-corrected chi connectivity index (χ1v) is 14.1. The molecule has 2 fully saturated rings. The molecule has 2 amide bonds. The highest BCUT2D eigenvalue weighted by Crippen LogP contribution is 2.43. The molecule has 1 N–H and O–H groups in total. The van der Waals surface area contributed by atoms with Gasteiger partial charge in [-0.1, -0.05) is 6.92 Å². The quantitative estimate of drug-likeness (QED) is 0.205. The number of ether oxygens (including phenoxy) is 3. The van der Waals surface area contributed by atoms with E-state index in [1.54, 1.807) is 17.0 Å². The Hall–Kier alpha value is -3.33. The Morgan fingerprint density at radius 3 is 2.67 bits per heavy atom. The van der Waals surface area contributed by atoms with Crippen LogP contribution in [-0.2, 0) is 41.6 Å². The summed E-state index contributed by atoms with van der Waals surface area (Å²) in [7, 11) is 0. The van der Waals surface area contributed by atoms with E-state index in [0.717, 1.165) is 0 Å². The fourth-order valence-electron chi connectivity index (χ4n) is 4.66. The minimum Gasteiger partial charge on any atom is -0.459 e. The van der Waals surface area contributed by atoms with Crippen LogP contribution in [0.4, 0.5) is 5.69 Å². The van der Waals surface area contributed by atoms with Gasteiger partial charge in [0, 0.05) is 29.3 Å². The van der Waals surface area contributed by atoms with E-state index in [4.69, 9.17) is 14.2 Å². The average molecular weight is 575 g/mol. The molecule has 0 spiro atoms. The van der Waals surface area contributed by atoms with E-state index in [0.29, 0.717) is 22.6 Å². The fourth-order valence-corrected chi connectivity index (χ4v) is 6.51. The van der Waals surface area contributed by atoms with Crippen LogP contribution in [0.3, 0.4) is 0 Å². The largest absolute Gasteiger partial charge is 0.459 e. The lowest BCUT2D eigenvalue weighted by atomic mass is 9.97. The van der Waals surface area contributed by atoms with Gasteiger partial charge in [-0.05, 0) is 36.4 Å². The molecule has 0 saturated carbocycles. The lowest BCUT2D eigenvalue weighted by Gasteiger charge is -2.52. The Bertz CT molecular complexity index is 1290. The molecule has 6 atom stereocenters. The number of nitro groups is 1. The number of rotatable bonds is 9. The van der Waals surface area contributed by atoms with Gasteiger partial charge < -0.3 is 24.4 Å². The maximum absolute atomic E-state index is 13.4. The third-order valence-electron chi connectivity index (χ3n) is 6.72. The lowest BCUT2D eigenvalue weighted by molar-refractivity contribution is -0.384. The zero-order valence-corrected chi connectivity index (χ0v) is 22.7. The molecule has 14 heteroatoms. The number of hydrogen-bond acceptors (Lipinski definition) is 11. The van der Waals surface area contributed by atoms with E-state index in [9.17, 15) is 24.5 Å². The van der Waals surface area contributed by atoms with Gasteiger partial charge in [0.15, 0.2) is 12.3 Å². The third kappa shape index (κ3) is 5.55. The number of fused-ring (bicyclic) bond motifs is 1. The summed E-state index contributed by atoms with van der Waals surface area (Å²) >= 11 is 2.65. The maximum atomic E-state index is 13.4. The van der Waals surface area contributed by atoms with Crippen molar-refractivity contribution < 1.29 is 33.5 Å². The van der Waals surface area contributed by atoms with Crippen molar-refractivity contribution in [2.75, 3.05) is 0 Å². The summed E-state index contributed by atoms with van der Waals surface area (Å²) in [5, 5.41) is 17.3. The van der Waals surface area contributed by atoms with E-state index in [1.165, 1.54) is 52.3 Å². The molecule has 2 saturated heterocycles. The average Bonchev–Trinajstić information content (AvgIpc) is 3.58. The lowest BCUT2D eigenvalue weighted by Crippen LogP contribution is -2.74. The van der Waals surface area contributed by atoms with Gasteiger partial charge in [-0.3, -0.25) is 19.7 Å². The molecule has 0 aliphatic carbocycles. The minimum absolute atomic E-state index is 0.0562. The predicted molar refractivity (Wildman–Crippen MR) is 140 cm³/mol. The van der Waals surface area contributed by atoms with E-state index < -0.39 is 40.5 Å². The highest BCUT2D eigenvalue weighted by Gasteiger charge is 2.58. The zero-order chi connectivity index (χ0) is 27.7. The second kappa shape index (κ2) is 11.4. The number of benzene rings is 1. The van der Waals surface area contributed by atoms with Gasteiger partial charge in [0.1, 0.15) is 23.0 Å². The number of nitrogens with zero attached hydrogens (tertiary/aromatic N) is 3. The summed E-state index contributed by atoms with van der Waals surface area (Å²) in [6.07, 6.45) is 1.18. The van der Waals surface area contributed by atoms with Crippen molar-refractivity contribution in [3.63, 3.8) is 0 Å². The molecule has 3 aliphatic rings. The Balaban J connectivity index is 1.32. The van der Waals surface area contributed by atoms with Crippen molar-refractivity contribution in [3.05, 3.63) is 67.5 Å². The van der Waals surface area contributed by atoms with Crippen molar-refractivity contribution in [1.82, 2.24) is 15.2 Å². The molecule has 5 rings (SSSR count). The number of esters is 1. The van der Waals surface area contributed by atoms with E-state index in [-0.39, 0.29) is 36.8 Å². The van der Waals surface area contributed by atoms with E-state index >= 15 is 0 Å². The van der Waals surface area contributed by atoms with Gasteiger partial charge in [0.05, 0.1) is 23.6 Å². The number of aromatic nitrogens is 1. The molecule has 0 bridgehead atoms. The fraction of sp³-hybridized carbons (Fsp3) is 0.440. The molecule has 2 aromatic rings. The van der Waals surface area contributed by atoms with Crippen LogP contribution < -0.4 is 5.32 Å². The number of hydrogen-bond donors (Lipinski definition) is 1. The number of thioether (sulfide) groups is 1. The molecule has 3 aliphatic heterocycles. The van der Waals surface area contributed by atoms with E-state index in [1.807, 2.05) is 13.8 Å². The molecule has 1 aromatic heterocycles. The zero-order valence-electron chi connectivity index (χ0n) is 21.1. The summed E-state index contributed by atoms with van der Waals surface area (Å²) < 4.78 is 17.6. The summed E-state index contributed by atoms with van der Waals surface area (Å²) in [6, 6.07) is 3.74. The van der Waals surface area contributed by atoms with Gasteiger partial charge in [0.25, 0.3) is 5.69 Å². The van der Waals surface area contributed by atoms with Crippen molar-refractivity contribution in [3.8, 4) is 0 Å². The number of nitro benzene ring substituents is 1. The van der Waals surface area contributed by atoms with Crippen LogP contribution in [0.2, 0.25) is 0 Å². The van der Waals surface area contributed by atoms with Crippen molar-refractivity contribution in [2.24, 2.45) is 0 Å². The second-order valence-corrected chi connectivity index (χ2v) is 11.2. The molecule has 12 nitrogen and oxygen atoms in total. The van der Waals surface area contributed by atoms with Crippen molar-refractivity contribution in [2.45, 2.75) is 69.3 Å². The maximum Gasteiger partial charge on any atom is 0.333 e. The first kappa shape index (κ1) is 27.2. The summed E-state index contributed by atoms with van der Waals surface area (Å²) in [5.41, 5.74) is 0.928. The first-order chi connectivity index (χ1) is 18.8. The smallest absolute Gasteiger partial charge is 0.333 e. The van der Waals surface area contributed by atoms with Gasteiger partial charge in [0.2, 0.25) is 11.8 Å². The topological polar surface area (TPSA) is 150 Å². The molecule has 1 aromatic carbocycles. The summed E-state index contributed by atoms with van der Waals surface area (Å²) in [5.74, 6) is -1.44. The number of amides is 2. The van der Waals surface area contributed by atoms with Crippen LogP contribution >= 0.6 is 23.1 Å². The molecule has 206 valence electrons. The van der Waals surface area contributed by atoms with Gasteiger partial charge in [-0.15, -0.1) is 23.1 Å². The summed E-state index contributed by atoms with van der Waals surface area (Å²) in [6.45, 7) is 3.72. The first-order valence-electron chi connectivity index (χ1n) is 12.3. The van der Waals surface area contributed by atoms with Crippen molar-refractivity contribution >= 4 is 46.6 Å². The molecular weight excluding hydrogens is 548 g/mol. The third-order valence-corrected chi connectivity index (χ3v) is 8.68. The Kier molecular flexibility index (Phi) is 7.98. The van der Waals surface area contributed by atoms with Gasteiger partial charge in [-0.2, -0.15) is 0 Å². The summed E-state index contributed by atoms with van der Waals surface area (Å²) in [4.78, 5) is 55.1. The highest BCUT2D eigenvalue weighted by molar-refractivity contribution is 8.03. The molecule has 5 unspecified atom stereocenters. The van der Waals surface area contributed by atoms with E-state index in [2.05, 4.69) is 10.3 Å². The predicted octanol–water partition coefficient (Wildman–Crippen LogP) is 2.53. The SMILES string of the molecule is CCC1OC(C2=CS[C@H]3C(NC(=O)Cc4nccs4)C(=O)N3C2C(=O)OCc2ccc([N+](=O)[O-])cc2)OC1C. The molecular formula is C25H26N4O8S2. The monoisotopic (exact) mass is 574 g/mol. The van der Waals surface area contributed by atoms with Crippen LogP contribution in [-0.4, -0.2) is 68.5 Å². The standard InChI is InChI=1S/C25H26N4O8S2/c1-3-17-13(2)36-25(37-17)16-12-39-23-20(27-18(30)10-19-26-8-9-38-19)22(31)28(23)21(16)24(32)35-11-14-4-6-15(7-5-14)29(33)34/h4-9,12-13,17,20-21,23,25H,3,10-11H2,1-2H3,(H,27,30)/t13?,17?,20?,21?,23-,25?/m0/s1. The number of nitrogens with one attached hydrogen (secondary N) is 1. The Labute approximate surface area is 231 Å². The normalized spacial score (nSPS) is 27.8. The second-order valence-electron chi connectivity index (χ2n) is 9.23. The van der Waals surface area contributed by atoms with Crippen LogP contribution in [0.25, 0.3) is 0 Å². The van der Waals surface area contributed by atoms with Crippen LogP contribution in [0.5, 0.6) is 0 Å². The number of non-ortho nitro benzene ring substituents is 1. The van der Waals surface area contributed by atoms with Crippen LogP contribution in [0.15, 0.2) is 46.8 Å². The van der Waals surface area contributed by atoms with Gasteiger partial charge >= 0.3 is 5.97 Å². The number of thiazole rings is 1. The molecule has 0 radical (unpaired) electrons. The Morgan fingerprint density at radius 1 is 1.26 bits per heavy atom. The highest BCUT2D eigenvalue weighted by atomic mass is 32.2. The van der Waals surface area contributed by atoms with Crippen LogP contribution in [0, 0.1) is 10.1 Å². The van der Waals surface area contributed by atoms with Gasteiger partial charge in [-0.25, -0.2) is 9.78 Å². The molecule has 4 heterocycles. The van der Waals surface area contributed by atoms with Crippen LogP contribution in [0.1, 0.15) is 30.8 Å². The van der Waals surface area contributed by atoms with Crippen molar-refractivity contribution in [1.29, 1.82) is 0 Å². The number of carbonyl (C=O) groups excluding carboxylic acids is 3. The minimum atomic E-state index is -1.11. The molecule has 39 heavy (non-hydrogen) atoms. The number of β-lactam (4-membered cyclic amide) rings is 1. The number of carbonyl (C=O) groups is 3.